The Hall–Kier alpha value is 0.392. The van der Waals surface area contributed by atoms with Gasteiger partial charge in [0, 0.05) is 27.3 Å². The fourth-order valence-corrected chi connectivity index (χ4v) is 1.95. The molecule has 1 fully saturated rings. The average Bonchev–Trinajstić information content (AvgIpc) is 1.85. The molecule has 0 bridgehead atoms. The van der Waals surface area contributed by atoms with Crippen LogP contribution in [0.4, 0.5) is 0 Å². The minimum absolute atomic E-state index is 0. The summed E-state index contributed by atoms with van der Waals surface area (Å²) in [6.07, 6.45) is 4.20. The van der Waals surface area contributed by atoms with E-state index in [1.807, 2.05) is 0 Å². The minimum Gasteiger partial charge on any atom is -0.481 e. The smallest absolute Gasteiger partial charge is 0.307 e. The van der Waals surface area contributed by atoms with Crippen LogP contribution in [-0.4, -0.2) is 38.4 Å². The van der Waals surface area contributed by atoms with Crippen LogP contribution in [0.1, 0.15) is 39.5 Å². The van der Waals surface area contributed by atoms with Crippen LogP contribution >= 0.6 is 0 Å². The van der Waals surface area contributed by atoms with E-state index in [9.17, 15) is 4.79 Å². The number of hydrogen-bond acceptors (Lipinski definition) is 1. The van der Waals surface area contributed by atoms with E-state index in [-0.39, 0.29) is 38.6 Å². The molecule has 1 aliphatic carbocycles. The molecule has 0 aromatic carbocycles. The Labute approximate surface area is 93.9 Å². The number of carboxylic acids is 1. The summed E-state index contributed by atoms with van der Waals surface area (Å²) >= 11 is 0. The Kier molecular flexibility index (Phi) is 4.73. The Morgan fingerprint density at radius 3 is 2.33 bits per heavy atom. The first-order valence-corrected chi connectivity index (χ1v) is 4.27. The zero-order chi connectivity index (χ0) is 8.48. The molecule has 67 valence electrons. The van der Waals surface area contributed by atoms with Crippen molar-refractivity contribution in [3.05, 3.63) is 0 Å². The third kappa shape index (κ3) is 2.71. The number of carbonyl (C=O) groups is 1. The van der Waals surface area contributed by atoms with E-state index >= 15 is 0 Å². The summed E-state index contributed by atoms with van der Waals surface area (Å²) in [6, 6.07) is 0. The summed E-state index contributed by atoms with van der Waals surface area (Å²) < 4.78 is 0. The van der Waals surface area contributed by atoms with Gasteiger partial charge in [0.05, 0.1) is 5.92 Å². The van der Waals surface area contributed by atoms with Crippen molar-refractivity contribution < 1.29 is 9.90 Å². The first kappa shape index (κ1) is 12.4. The van der Waals surface area contributed by atoms with Crippen LogP contribution in [0.3, 0.4) is 0 Å². The summed E-state index contributed by atoms with van der Waals surface area (Å²) in [4.78, 5) is 10.8. The quantitative estimate of drug-likeness (QED) is 0.725. The average molecular weight is 361 g/mol. The van der Waals surface area contributed by atoms with Crippen molar-refractivity contribution in [2.45, 2.75) is 39.5 Å². The van der Waals surface area contributed by atoms with E-state index < -0.39 is 5.97 Å². The first-order chi connectivity index (χ1) is 5.04. The zero-order valence-electron chi connectivity index (χ0n) is 7.84. The molecular formula is C9H16O2Tl. The van der Waals surface area contributed by atoms with Crippen molar-refractivity contribution in [1.29, 1.82) is 0 Å². The van der Waals surface area contributed by atoms with Crippen LogP contribution < -0.4 is 0 Å². The van der Waals surface area contributed by atoms with E-state index in [1.54, 1.807) is 0 Å². The summed E-state index contributed by atoms with van der Waals surface area (Å²) in [5.41, 5.74) is 0.0179. The van der Waals surface area contributed by atoms with Gasteiger partial charge in [-0.2, -0.15) is 0 Å². The van der Waals surface area contributed by atoms with Crippen molar-refractivity contribution in [2.75, 3.05) is 0 Å². The minimum atomic E-state index is -0.616. The molecule has 1 N–H and O–H groups in total. The summed E-state index contributed by atoms with van der Waals surface area (Å²) in [6.45, 7) is 4.12. The van der Waals surface area contributed by atoms with E-state index in [0.29, 0.717) is 0 Å². The Balaban J connectivity index is 0.00000121. The molecule has 0 aromatic rings. The molecule has 1 saturated carbocycles. The van der Waals surface area contributed by atoms with Gasteiger partial charge in [0.2, 0.25) is 0 Å². The second-order valence-corrected chi connectivity index (χ2v) is 4.13. The maximum Gasteiger partial charge on any atom is 0.307 e. The number of rotatable bonds is 1. The summed E-state index contributed by atoms with van der Waals surface area (Å²) in [5.74, 6) is -0.731. The molecular weight excluding hydrogens is 344 g/mol. The van der Waals surface area contributed by atoms with Gasteiger partial charge in [-0.1, -0.05) is 26.7 Å². The number of carboxylic acid groups (broad SMARTS) is 1. The van der Waals surface area contributed by atoms with Crippen molar-refractivity contribution in [1.82, 2.24) is 0 Å². The fourth-order valence-electron chi connectivity index (χ4n) is 1.95. The van der Waals surface area contributed by atoms with Crippen LogP contribution in [0, 0.1) is 11.3 Å². The normalized spacial score (nSPS) is 27.3. The summed E-state index contributed by atoms with van der Waals surface area (Å²) in [7, 11) is 0. The molecule has 0 aliphatic heterocycles. The van der Waals surface area contributed by atoms with Gasteiger partial charge >= 0.3 is 5.97 Å². The van der Waals surface area contributed by atoms with Gasteiger partial charge < -0.3 is 5.11 Å². The van der Waals surface area contributed by atoms with Gasteiger partial charge in [0.25, 0.3) is 0 Å². The van der Waals surface area contributed by atoms with Crippen molar-refractivity contribution in [2.24, 2.45) is 11.3 Å². The topological polar surface area (TPSA) is 37.3 Å². The van der Waals surface area contributed by atoms with Crippen LogP contribution in [0.5, 0.6) is 0 Å². The molecule has 3 heteroatoms. The number of hydrogen-bond donors (Lipinski definition) is 1. The van der Waals surface area contributed by atoms with E-state index in [0.717, 1.165) is 19.3 Å². The van der Waals surface area contributed by atoms with Gasteiger partial charge in [-0.25, -0.2) is 0 Å². The molecule has 1 radical (unpaired) electrons. The molecule has 12 heavy (non-hydrogen) atoms. The monoisotopic (exact) mass is 361 g/mol. The Bertz CT molecular complexity index is 166. The Morgan fingerprint density at radius 2 is 2.00 bits per heavy atom. The molecule has 1 atom stereocenters. The van der Waals surface area contributed by atoms with Crippen molar-refractivity contribution in [3.8, 4) is 0 Å². The van der Waals surface area contributed by atoms with E-state index in [1.165, 1.54) is 6.42 Å². The van der Waals surface area contributed by atoms with Crippen molar-refractivity contribution >= 4 is 33.3 Å². The maximum absolute atomic E-state index is 10.8. The van der Waals surface area contributed by atoms with Crippen LogP contribution in [0.2, 0.25) is 0 Å². The first-order valence-electron chi connectivity index (χ1n) is 4.27. The zero-order valence-corrected chi connectivity index (χ0v) is 12.3. The molecule has 0 saturated heterocycles. The molecule has 1 rings (SSSR count). The Morgan fingerprint density at radius 1 is 1.42 bits per heavy atom. The second kappa shape index (κ2) is 4.58. The molecule has 0 spiro atoms. The molecule has 0 heterocycles. The van der Waals surface area contributed by atoms with E-state index in [2.05, 4.69) is 13.8 Å². The van der Waals surface area contributed by atoms with Crippen LogP contribution in [-0.2, 0) is 4.79 Å². The van der Waals surface area contributed by atoms with Gasteiger partial charge in [-0.15, -0.1) is 0 Å². The predicted octanol–water partition coefficient (Wildman–Crippen LogP) is 1.91. The van der Waals surface area contributed by atoms with Gasteiger partial charge in [0.1, 0.15) is 0 Å². The van der Waals surface area contributed by atoms with Crippen molar-refractivity contribution in [3.63, 3.8) is 0 Å². The fraction of sp³-hybridized carbons (Fsp3) is 0.889. The predicted molar refractivity (Wildman–Crippen MR) is 49.1 cm³/mol. The number of aliphatic carboxylic acids is 1. The van der Waals surface area contributed by atoms with Crippen LogP contribution in [0.25, 0.3) is 0 Å². The van der Waals surface area contributed by atoms with E-state index in [4.69, 9.17) is 5.11 Å². The molecule has 0 aromatic heterocycles. The molecule has 0 amide bonds. The molecule has 2 nitrogen and oxygen atoms in total. The third-order valence-corrected chi connectivity index (χ3v) is 2.81. The maximum atomic E-state index is 10.8. The molecule has 1 aliphatic rings. The third-order valence-electron chi connectivity index (χ3n) is 2.81. The SMILES string of the molecule is CC1(C)CCCCC1C(=O)O.[Tl]. The largest absolute Gasteiger partial charge is 0.481 e. The standard InChI is InChI=1S/C9H16O2.Tl/c1-9(2)6-4-3-5-7(9)8(10)11;/h7H,3-6H2,1-2H3,(H,10,11);. The summed E-state index contributed by atoms with van der Waals surface area (Å²) in [5, 5.41) is 8.87. The van der Waals surface area contributed by atoms with Crippen LogP contribution in [0.15, 0.2) is 0 Å². The van der Waals surface area contributed by atoms with Gasteiger partial charge in [0.15, 0.2) is 0 Å². The van der Waals surface area contributed by atoms with Gasteiger partial charge in [-0.05, 0) is 18.3 Å². The second-order valence-electron chi connectivity index (χ2n) is 4.13. The molecule has 1 unspecified atom stereocenters. The van der Waals surface area contributed by atoms with Gasteiger partial charge in [-0.3, -0.25) is 4.79 Å².